The summed E-state index contributed by atoms with van der Waals surface area (Å²) in [6.45, 7) is 4.17. The fourth-order valence-electron chi connectivity index (χ4n) is 1.37. The smallest absolute Gasteiger partial charge is 0.172 e. The Bertz CT molecular complexity index is 356. The molecule has 5 heteroatoms. The number of thioether (sulfide) groups is 2. The molecule has 16 heavy (non-hydrogen) atoms. The molecule has 0 fully saturated rings. The quantitative estimate of drug-likeness (QED) is 0.279. The van der Waals surface area contributed by atoms with Crippen LogP contribution in [0, 0.1) is 0 Å². The molecule has 0 atom stereocenters. The van der Waals surface area contributed by atoms with Crippen molar-refractivity contribution < 1.29 is 5.21 Å². The fourth-order valence-corrected chi connectivity index (χ4v) is 3.12. The second kappa shape index (κ2) is 6.70. The molecule has 0 amide bonds. The first-order chi connectivity index (χ1) is 7.74. The van der Waals surface area contributed by atoms with E-state index in [1.54, 1.807) is 23.5 Å². The van der Waals surface area contributed by atoms with Crippen molar-refractivity contribution in [3.8, 4) is 0 Å². The number of benzene rings is 1. The maximum Gasteiger partial charge on any atom is 0.172 e. The summed E-state index contributed by atoms with van der Waals surface area (Å²) in [7, 11) is 0. The van der Waals surface area contributed by atoms with Gasteiger partial charge in [0.15, 0.2) is 5.84 Å². The van der Waals surface area contributed by atoms with Crippen molar-refractivity contribution in [2.75, 3.05) is 11.5 Å². The van der Waals surface area contributed by atoms with E-state index in [1.165, 1.54) is 0 Å². The van der Waals surface area contributed by atoms with Gasteiger partial charge in [0.2, 0.25) is 0 Å². The first-order valence-electron chi connectivity index (χ1n) is 5.11. The second-order valence-corrected chi connectivity index (χ2v) is 5.59. The molecule has 1 rings (SSSR count). The number of nitrogens with two attached hydrogens (primary N) is 1. The maximum atomic E-state index is 8.82. The van der Waals surface area contributed by atoms with Gasteiger partial charge in [-0.05, 0) is 23.6 Å². The minimum Gasteiger partial charge on any atom is -0.409 e. The topological polar surface area (TPSA) is 58.6 Å². The highest BCUT2D eigenvalue weighted by molar-refractivity contribution is 8.00. The van der Waals surface area contributed by atoms with Crippen LogP contribution in [0.3, 0.4) is 0 Å². The molecule has 0 aliphatic carbocycles. The van der Waals surface area contributed by atoms with E-state index in [9.17, 15) is 0 Å². The van der Waals surface area contributed by atoms with Crippen LogP contribution in [0.15, 0.2) is 33.1 Å². The molecule has 3 nitrogen and oxygen atoms in total. The maximum absolute atomic E-state index is 8.82. The van der Waals surface area contributed by atoms with Crippen molar-refractivity contribution in [2.24, 2.45) is 10.9 Å². The Morgan fingerprint density at radius 1 is 1.25 bits per heavy atom. The Kier molecular flexibility index (Phi) is 5.55. The average Bonchev–Trinajstić information content (AvgIpc) is 2.29. The lowest BCUT2D eigenvalue weighted by atomic mass is 10.2. The predicted molar refractivity (Wildman–Crippen MR) is 71.7 cm³/mol. The van der Waals surface area contributed by atoms with Crippen molar-refractivity contribution in [2.45, 2.75) is 23.6 Å². The van der Waals surface area contributed by atoms with Crippen LogP contribution in [-0.2, 0) is 0 Å². The molecule has 1 aromatic carbocycles. The van der Waals surface area contributed by atoms with Gasteiger partial charge < -0.3 is 10.9 Å². The first kappa shape index (κ1) is 13.3. The lowest BCUT2D eigenvalue weighted by molar-refractivity contribution is 0.318. The summed E-state index contributed by atoms with van der Waals surface area (Å²) in [5.74, 6) is 2.12. The molecule has 0 aliphatic heterocycles. The summed E-state index contributed by atoms with van der Waals surface area (Å²) < 4.78 is 0. The van der Waals surface area contributed by atoms with Gasteiger partial charge in [0.05, 0.1) is 0 Å². The molecule has 0 heterocycles. The summed E-state index contributed by atoms with van der Waals surface area (Å²) in [6.07, 6.45) is 0. The highest BCUT2D eigenvalue weighted by Gasteiger charge is 2.12. The van der Waals surface area contributed by atoms with Crippen molar-refractivity contribution in [1.29, 1.82) is 0 Å². The van der Waals surface area contributed by atoms with Gasteiger partial charge in [-0.2, -0.15) is 0 Å². The lowest BCUT2D eigenvalue weighted by Gasteiger charge is -2.11. The highest BCUT2D eigenvalue weighted by atomic mass is 32.2. The predicted octanol–water partition coefficient (Wildman–Crippen LogP) is 3.01. The van der Waals surface area contributed by atoms with E-state index < -0.39 is 0 Å². The zero-order valence-electron chi connectivity index (χ0n) is 9.43. The van der Waals surface area contributed by atoms with Gasteiger partial charge in [-0.15, -0.1) is 23.5 Å². The summed E-state index contributed by atoms with van der Waals surface area (Å²) in [4.78, 5) is 2.13. The monoisotopic (exact) mass is 256 g/mol. The van der Waals surface area contributed by atoms with Crippen LogP contribution in [0.4, 0.5) is 0 Å². The van der Waals surface area contributed by atoms with Gasteiger partial charge in [-0.3, -0.25) is 0 Å². The van der Waals surface area contributed by atoms with Gasteiger partial charge >= 0.3 is 0 Å². The molecule has 0 saturated heterocycles. The van der Waals surface area contributed by atoms with Crippen LogP contribution in [0.25, 0.3) is 0 Å². The Balaban J connectivity index is 3.23. The molecule has 0 radical (unpaired) electrons. The number of hydrogen-bond acceptors (Lipinski definition) is 4. The van der Waals surface area contributed by atoms with Gasteiger partial charge in [-0.25, -0.2) is 0 Å². The minimum absolute atomic E-state index is 0.188. The molecule has 3 N–H and O–H groups in total. The van der Waals surface area contributed by atoms with Crippen LogP contribution in [0.1, 0.15) is 19.4 Å². The van der Waals surface area contributed by atoms with Gasteiger partial charge in [0.25, 0.3) is 0 Å². The minimum atomic E-state index is 0.188. The number of oxime groups is 1. The van der Waals surface area contributed by atoms with Crippen LogP contribution < -0.4 is 5.73 Å². The molecular formula is C11H16N2OS2. The SMILES string of the molecule is CCSc1cccc(SCC)c1/C(N)=N/O. The number of rotatable bonds is 5. The number of hydrogen-bond donors (Lipinski definition) is 2. The van der Waals surface area contributed by atoms with E-state index in [0.29, 0.717) is 0 Å². The Hall–Kier alpha value is -0.810. The van der Waals surface area contributed by atoms with E-state index in [4.69, 9.17) is 10.9 Å². The molecule has 0 unspecified atom stereocenters. The van der Waals surface area contributed by atoms with E-state index in [2.05, 4.69) is 19.0 Å². The summed E-state index contributed by atoms with van der Waals surface area (Å²) in [5.41, 5.74) is 6.58. The van der Waals surface area contributed by atoms with Gasteiger partial charge in [0.1, 0.15) is 0 Å². The first-order valence-corrected chi connectivity index (χ1v) is 7.08. The highest BCUT2D eigenvalue weighted by Crippen LogP contribution is 2.31. The third-order valence-electron chi connectivity index (χ3n) is 1.95. The molecule has 88 valence electrons. The fraction of sp³-hybridized carbons (Fsp3) is 0.364. The molecule has 0 spiro atoms. The van der Waals surface area contributed by atoms with Crippen LogP contribution >= 0.6 is 23.5 Å². The lowest BCUT2D eigenvalue weighted by Crippen LogP contribution is -2.15. The standard InChI is InChI=1S/C11H16N2OS2/c1-3-15-8-6-5-7-9(16-4-2)10(8)11(12)13-14/h5-7,14H,3-4H2,1-2H3,(H2,12,13). The summed E-state index contributed by atoms with van der Waals surface area (Å²) in [5, 5.41) is 11.9. The van der Waals surface area contributed by atoms with Crippen LogP contribution in [0.5, 0.6) is 0 Å². The number of amidine groups is 1. The average molecular weight is 256 g/mol. The molecule has 0 aromatic heterocycles. The van der Waals surface area contributed by atoms with Gasteiger partial charge in [0, 0.05) is 15.4 Å². The summed E-state index contributed by atoms with van der Waals surface area (Å²) >= 11 is 3.40. The molecule has 0 saturated carbocycles. The van der Waals surface area contributed by atoms with E-state index >= 15 is 0 Å². The van der Waals surface area contributed by atoms with Gasteiger partial charge in [-0.1, -0.05) is 25.1 Å². The normalized spacial score (nSPS) is 11.8. The zero-order valence-corrected chi connectivity index (χ0v) is 11.1. The van der Waals surface area contributed by atoms with Crippen LogP contribution in [-0.4, -0.2) is 22.5 Å². The van der Waals surface area contributed by atoms with Crippen molar-refractivity contribution in [3.63, 3.8) is 0 Å². The van der Waals surface area contributed by atoms with E-state index in [1.807, 2.05) is 18.2 Å². The molecule has 0 bridgehead atoms. The Morgan fingerprint density at radius 3 is 2.12 bits per heavy atom. The van der Waals surface area contributed by atoms with Crippen LogP contribution in [0.2, 0.25) is 0 Å². The third kappa shape index (κ3) is 3.09. The van der Waals surface area contributed by atoms with Crippen molar-refractivity contribution in [1.82, 2.24) is 0 Å². The second-order valence-electron chi connectivity index (χ2n) is 2.98. The third-order valence-corrected chi connectivity index (χ3v) is 3.83. The van der Waals surface area contributed by atoms with E-state index in [0.717, 1.165) is 26.9 Å². The molecular weight excluding hydrogens is 240 g/mol. The molecule has 0 aliphatic rings. The summed E-state index contributed by atoms with van der Waals surface area (Å²) in [6, 6.07) is 6.01. The van der Waals surface area contributed by atoms with E-state index in [-0.39, 0.29) is 5.84 Å². The largest absolute Gasteiger partial charge is 0.409 e. The van der Waals surface area contributed by atoms with Crippen molar-refractivity contribution >= 4 is 29.4 Å². The Morgan fingerprint density at radius 2 is 1.75 bits per heavy atom. The number of nitrogens with zero attached hydrogens (tertiary/aromatic N) is 1. The molecule has 1 aromatic rings. The Labute approximate surface area is 104 Å². The van der Waals surface area contributed by atoms with Crippen molar-refractivity contribution in [3.05, 3.63) is 23.8 Å². The zero-order chi connectivity index (χ0) is 12.0.